The Labute approximate surface area is 91.3 Å². The van der Waals surface area contributed by atoms with Gasteiger partial charge in [-0.3, -0.25) is 9.20 Å². The van der Waals surface area contributed by atoms with Crippen LogP contribution in [0.4, 0.5) is 0 Å². The summed E-state index contributed by atoms with van der Waals surface area (Å²) in [6.07, 6.45) is 4.83. The van der Waals surface area contributed by atoms with E-state index < -0.39 is 0 Å². The highest BCUT2D eigenvalue weighted by atomic mass is 16.5. The topological polar surface area (TPSA) is 68.5 Å². The fraction of sp³-hybridized carbons (Fsp3) is 0.300. The van der Waals surface area contributed by atoms with E-state index in [-0.39, 0.29) is 11.9 Å². The summed E-state index contributed by atoms with van der Waals surface area (Å²) in [5, 5.41) is 2.85. The first kappa shape index (κ1) is 9.29. The third-order valence-electron chi connectivity index (χ3n) is 2.53. The van der Waals surface area contributed by atoms with Crippen molar-refractivity contribution in [3.05, 3.63) is 30.6 Å². The van der Waals surface area contributed by atoms with Crippen LogP contribution in [0.2, 0.25) is 0 Å². The molecule has 3 rings (SSSR count). The second kappa shape index (κ2) is 3.57. The Morgan fingerprint density at radius 3 is 3.12 bits per heavy atom. The molecule has 1 fully saturated rings. The van der Waals surface area contributed by atoms with E-state index in [1.54, 1.807) is 29.3 Å². The summed E-state index contributed by atoms with van der Waals surface area (Å²) in [7, 11) is 0. The molecule has 3 heterocycles. The Bertz CT molecular complexity index is 532. The van der Waals surface area contributed by atoms with Crippen LogP contribution in [0.25, 0.3) is 5.52 Å². The molecule has 2 aromatic heterocycles. The summed E-state index contributed by atoms with van der Waals surface area (Å²) in [4.78, 5) is 19.9. The highest BCUT2D eigenvalue weighted by molar-refractivity contribution is 5.99. The van der Waals surface area contributed by atoms with Crippen molar-refractivity contribution >= 4 is 11.4 Å². The standard InChI is InChI=1S/C10H10N4O2/c15-10(13-7-3-16-4-7)9-8-1-2-11-5-14(8)6-12-9/h1-2,5-7H,3-4H2,(H,13,15). The van der Waals surface area contributed by atoms with Crippen molar-refractivity contribution < 1.29 is 9.53 Å². The van der Waals surface area contributed by atoms with E-state index in [0.29, 0.717) is 18.9 Å². The van der Waals surface area contributed by atoms with Gasteiger partial charge in [-0.1, -0.05) is 0 Å². The van der Waals surface area contributed by atoms with Crippen LogP contribution in [0.15, 0.2) is 24.9 Å². The van der Waals surface area contributed by atoms with Crippen LogP contribution in [0.5, 0.6) is 0 Å². The monoisotopic (exact) mass is 218 g/mol. The molecule has 1 N–H and O–H groups in total. The van der Waals surface area contributed by atoms with Crippen LogP contribution >= 0.6 is 0 Å². The summed E-state index contributed by atoms with van der Waals surface area (Å²) in [6.45, 7) is 1.16. The zero-order chi connectivity index (χ0) is 11.0. The van der Waals surface area contributed by atoms with Crippen molar-refractivity contribution in [3.63, 3.8) is 0 Å². The van der Waals surface area contributed by atoms with Gasteiger partial charge < -0.3 is 10.1 Å². The van der Waals surface area contributed by atoms with E-state index in [1.807, 2.05) is 0 Å². The normalized spacial score (nSPS) is 16.0. The molecule has 6 heteroatoms. The van der Waals surface area contributed by atoms with Crippen LogP contribution in [-0.4, -0.2) is 39.5 Å². The van der Waals surface area contributed by atoms with Crippen LogP contribution in [0.1, 0.15) is 10.5 Å². The largest absolute Gasteiger partial charge is 0.377 e. The minimum Gasteiger partial charge on any atom is -0.377 e. The molecule has 0 radical (unpaired) electrons. The van der Waals surface area contributed by atoms with Crippen molar-refractivity contribution in [2.24, 2.45) is 0 Å². The number of rotatable bonds is 2. The van der Waals surface area contributed by atoms with E-state index in [2.05, 4.69) is 15.3 Å². The minimum absolute atomic E-state index is 0.117. The second-order valence-corrected chi connectivity index (χ2v) is 3.67. The van der Waals surface area contributed by atoms with Crippen molar-refractivity contribution in [3.8, 4) is 0 Å². The van der Waals surface area contributed by atoms with Gasteiger partial charge in [-0.2, -0.15) is 0 Å². The lowest BCUT2D eigenvalue weighted by Gasteiger charge is -2.26. The average molecular weight is 218 g/mol. The van der Waals surface area contributed by atoms with Gasteiger partial charge in [-0.25, -0.2) is 9.97 Å². The molecule has 16 heavy (non-hydrogen) atoms. The molecule has 6 nitrogen and oxygen atoms in total. The third kappa shape index (κ3) is 1.43. The number of nitrogens with zero attached hydrogens (tertiary/aromatic N) is 3. The maximum Gasteiger partial charge on any atom is 0.272 e. The predicted octanol–water partition coefficient (Wildman–Crippen LogP) is -0.142. The number of ether oxygens (including phenoxy) is 1. The molecule has 1 amide bonds. The number of carbonyl (C=O) groups is 1. The van der Waals surface area contributed by atoms with E-state index in [1.165, 1.54) is 0 Å². The average Bonchev–Trinajstić information content (AvgIpc) is 2.67. The number of hydrogen-bond donors (Lipinski definition) is 1. The SMILES string of the molecule is O=C(NC1COC1)c1ncn2cnccc12. The van der Waals surface area contributed by atoms with Crippen molar-refractivity contribution in [2.45, 2.75) is 6.04 Å². The number of imidazole rings is 1. The van der Waals surface area contributed by atoms with Gasteiger partial charge in [0.2, 0.25) is 0 Å². The number of carbonyl (C=O) groups excluding carboxylic acids is 1. The van der Waals surface area contributed by atoms with E-state index in [4.69, 9.17) is 4.74 Å². The van der Waals surface area contributed by atoms with Crippen molar-refractivity contribution in [1.29, 1.82) is 0 Å². The maximum absolute atomic E-state index is 11.9. The summed E-state index contributed by atoms with van der Waals surface area (Å²) >= 11 is 0. The first-order valence-electron chi connectivity index (χ1n) is 5.00. The molecular weight excluding hydrogens is 208 g/mol. The number of fused-ring (bicyclic) bond motifs is 1. The van der Waals surface area contributed by atoms with Crippen LogP contribution in [0, 0.1) is 0 Å². The summed E-state index contributed by atoms with van der Waals surface area (Å²) in [5.41, 5.74) is 1.18. The Kier molecular flexibility index (Phi) is 2.07. The molecule has 1 saturated heterocycles. The zero-order valence-electron chi connectivity index (χ0n) is 8.46. The molecule has 0 spiro atoms. The Balaban J connectivity index is 1.89. The molecule has 0 atom stereocenters. The first-order valence-corrected chi connectivity index (χ1v) is 5.00. The molecule has 0 saturated carbocycles. The lowest BCUT2D eigenvalue weighted by Crippen LogP contribution is -2.48. The Hall–Kier alpha value is -1.95. The number of aromatic nitrogens is 3. The Morgan fingerprint density at radius 1 is 1.50 bits per heavy atom. The first-order chi connectivity index (χ1) is 7.84. The predicted molar refractivity (Wildman–Crippen MR) is 55.1 cm³/mol. The molecular formula is C10H10N4O2. The quantitative estimate of drug-likeness (QED) is 0.761. The van der Waals surface area contributed by atoms with E-state index in [9.17, 15) is 4.79 Å². The number of amides is 1. The van der Waals surface area contributed by atoms with Crippen LogP contribution in [-0.2, 0) is 4.74 Å². The van der Waals surface area contributed by atoms with Gasteiger partial charge in [0.1, 0.15) is 12.7 Å². The summed E-state index contributed by atoms with van der Waals surface area (Å²) < 4.78 is 6.70. The van der Waals surface area contributed by atoms with Gasteiger partial charge in [0.15, 0.2) is 5.69 Å². The lowest BCUT2D eigenvalue weighted by molar-refractivity contribution is -0.00351. The third-order valence-corrected chi connectivity index (χ3v) is 2.53. The molecule has 0 aliphatic carbocycles. The van der Waals surface area contributed by atoms with Crippen molar-refractivity contribution in [2.75, 3.05) is 13.2 Å². The highest BCUT2D eigenvalue weighted by Crippen LogP contribution is 2.09. The number of nitrogens with one attached hydrogen (secondary N) is 1. The van der Waals surface area contributed by atoms with Crippen molar-refractivity contribution in [1.82, 2.24) is 19.7 Å². The van der Waals surface area contributed by atoms with Gasteiger partial charge in [0, 0.05) is 6.20 Å². The van der Waals surface area contributed by atoms with E-state index >= 15 is 0 Å². The maximum atomic E-state index is 11.9. The van der Waals surface area contributed by atoms with Crippen LogP contribution in [0.3, 0.4) is 0 Å². The lowest BCUT2D eigenvalue weighted by atomic mass is 10.2. The second-order valence-electron chi connectivity index (χ2n) is 3.67. The minimum atomic E-state index is -0.165. The van der Waals surface area contributed by atoms with Gasteiger partial charge in [-0.15, -0.1) is 0 Å². The fourth-order valence-electron chi connectivity index (χ4n) is 1.60. The van der Waals surface area contributed by atoms with Crippen LogP contribution < -0.4 is 5.32 Å². The zero-order valence-corrected chi connectivity index (χ0v) is 8.46. The fourth-order valence-corrected chi connectivity index (χ4v) is 1.60. The van der Waals surface area contributed by atoms with Gasteiger partial charge in [0.05, 0.1) is 24.8 Å². The summed E-state index contributed by atoms with van der Waals surface area (Å²) in [6, 6.07) is 1.88. The molecule has 82 valence electrons. The molecule has 0 bridgehead atoms. The molecule has 1 aliphatic heterocycles. The summed E-state index contributed by atoms with van der Waals surface area (Å²) in [5.74, 6) is -0.165. The molecule has 1 aliphatic rings. The van der Waals surface area contributed by atoms with Gasteiger partial charge in [0.25, 0.3) is 5.91 Å². The molecule has 0 unspecified atom stereocenters. The smallest absolute Gasteiger partial charge is 0.272 e. The highest BCUT2D eigenvalue weighted by Gasteiger charge is 2.22. The molecule has 2 aromatic rings. The van der Waals surface area contributed by atoms with Gasteiger partial charge in [-0.05, 0) is 6.07 Å². The number of hydrogen-bond acceptors (Lipinski definition) is 4. The van der Waals surface area contributed by atoms with Gasteiger partial charge >= 0.3 is 0 Å². The molecule has 0 aromatic carbocycles. The Morgan fingerprint density at radius 2 is 2.38 bits per heavy atom. The van der Waals surface area contributed by atoms with E-state index in [0.717, 1.165) is 5.52 Å².